The molecule has 0 aromatic heterocycles. The van der Waals surface area contributed by atoms with Gasteiger partial charge in [0.05, 0.1) is 5.02 Å². The Balaban J connectivity index is 2.35. The van der Waals surface area contributed by atoms with Crippen LogP contribution in [0.1, 0.15) is 41.8 Å². The van der Waals surface area contributed by atoms with Crippen LogP contribution in [0.2, 0.25) is 5.02 Å². The van der Waals surface area contributed by atoms with Crippen molar-refractivity contribution in [3.8, 4) is 0 Å². The summed E-state index contributed by atoms with van der Waals surface area (Å²) >= 11 is 6.14. The van der Waals surface area contributed by atoms with E-state index in [0.29, 0.717) is 10.6 Å². The predicted molar refractivity (Wildman–Crippen MR) is 67.1 cm³/mol. The van der Waals surface area contributed by atoms with Crippen LogP contribution >= 0.6 is 11.6 Å². The highest BCUT2D eigenvalue weighted by atomic mass is 35.5. The van der Waals surface area contributed by atoms with E-state index in [-0.39, 0.29) is 17.1 Å². The summed E-state index contributed by atoms with van der Waals surface area (Å²) in [6, 6.07) is 3.81. The van der Waals surface area contributed by atoms with Crippen LogP contribution < -0.4 is 0 Å². The molecule has 1 unspecified atom stereocenters. The third-order valence-electron chi connectivity index (χ3n) is 3.68. The number of carbonyl (C=O) groups is 1. The molecule has 1 aliphatic rings. The first kappa shape index (κ1) is 11.7. The van der Waals surface area contributed by atoms with Crippen molar-refractivity contribution in [2.75, 3.05) is 0 Å². The average Bonchev–Trinajstić information content (AvgIpc) is 2.80. The minimum Gasteiger partial charge on any atom is -0.294 e. The van der Waals surface area contributed by atoms with E-state index in [9.17, 15) is 4.79 Å². The van der Waals surface area contributed by atoms with Gasteiger partial charge in [0.15, 0.2) is 5.78 Å². The second-order valence-corrected chi connectivity index (χ2v) is 5.93. The molecule has 0 amide bonds. The molecule has 1 saturated carbocycles. The van der Waals surface area contributed by atoms with Crippen LogP contribution in [-0.2, 0) is 0 Å². The molecule has 16 heavy (non-hydrogen) atoms. The van der Waals surface area contributed by atoms with E-state index in [1.54, 1.807) is 0 Å². The number of halogens is 1. The van der Waals surface area contributed by atoms with E-state index in [1.807, 2.05) is 26.0 Å². The van der Waals surface area contributed by atoms with Gasteiger partial charge in [0.1, 0.15) is 0 Å². The Hall–Kier alpha value is -0.820. The maximum atomic E-state index is 12.2. The van der Waals surface area contributed by atoms with Crippen molar-refractivity contribution < 1.29 is 4.79 Å². The molecule has 0 spiro atoms. The van der Waals surface area contributed by atoms with Crippen molar-refractivity contribution in [1.29, 1.82) is 0 Å². The van der Waals surface area contributed by atoms with Crippen molar-refractivity contribution in [3.63, 3.8) is 0 Å². The third-order valence-corrected chi connectivity index (χ3v) is 3.99. The standard InChI is InChI=1S/C14H17ClO/c1-8-5-10(12(15)6-9(8)2)13(16)11-7-14(11,3)4/h5-6,11H,7H2,1-4H3. The molecule has 0 bridgehead atoms. The third kappa shape index (κ3) is 1.89. The van der Waals surface area contributed by atoms with Crippen LogP contribution in [0.4, 0.5) is 0 Å². The van der Waals surface area contributed by atoms with E-state index in [4.69, 9.17) is 11.6 Å². The summed E-state index contributed by atoms with van der Waals surface area (Å²) in [5, 5.41) is 0.593. The zero-order valence-corrected chi connectivity index (χ0v) is 11.0. The summed E-state index contributed by atoms with van der Waals surface area (Å²) in [4.78, 5) is 12.2. The fourth-order valence-electron chi connectivity index (χ4n) is 2.07. The number of Topliss-reactive ketones (excluding diaryl/α,β-unsaturated/α-hetero) is 1. The monoisotopic (exact) mass is 236 g/mol. The first-order chi connectivity index (χ1) is 7.33. The first-order valence-corrected chi connectivity index (χ1v) is 6.01. The molecule has 1 aromatic carbocycles. The fraction of sp³-hybridized carbons (Fsp3) is 0.500. The second-order valence-electron chi connectivity index (χ2n) is 5.53. The quantitative estimate of drug-likeness (QED) is 0.704. The molecule has 0 saturated heterocycles. The van der Waals surface area contributed by atoms with E-state index >= 15 is 0 Å². The summed E-state index contributed by atoms with van der Waals surface area (Å²) in [5.41, 5.74) is 3.13. The topological polar surface area (TPSA) is 17.1 Å². The zero-order valence-electron chi connectivity index (χ0n) is 10.2. The average molecular weight is 237 g/mol. The lowest BCUT2D eigenvalue weighted by Gasteiger charge is -2.08. The summed E-state index contributed by atoms with van der Waals surface area (Å²) in [7, 11) is 0. The molecule has 86 valence electrons. The summed E-state index contributed by atoms with van der Waals surface area (Å²) in [6.45, 7) is 8.28. The van der Waals surface area contributed by atoms with E-state index in [0.717, 1.165) is 17.5 Å². The Labute approximate surface area is 102 Å². The van der Waals surface area contributed by atoms with E-state index < -0.39 is 0 Å². The van der Waals surface area contributed by atoms with E-state index in [2.05, 4.69) is 13.8 Å². The molecule has 0 radical (unpaired) electrons. The van der Waals surface area contributed by atoms with Gasteiger partial charge in [-0.2, -0.15) is 0 Å². The van der Waals surface area contributed by atoms with Crippen LogP contribution in [0.15, 0.2) is 12.1 Å². The summed E-state index contributed by atoms with van der Waals surface area (Å²) in [5.74, 6) is 0.366. The van der Waals surface area contributed by atoms with Gasteiger partial charge in [-0.3, -0.25) is 4.79 Å². The lowest BCUT2D eigenvalue weighted by molar-refractivity contribution is 0.0953. The van der Waals surface area contributed by atoms with Crippen LogP contribution in [0.3, 0.4) is 0 Å². The van der Waals surface area contributed by atoms with E-state index in [1.165, 1.54) is 0 Å². The normalized spacial score (nSPS) is 21.9. The molecule has 0 heterocycles. The molecule has 1 aromatic rings. The second kappa shape index (κ2) is 3.59. The lowest BCUT2D eigenvalue weighted by atomic mass is 9.98. The SMILES string of the molecule is Cc1cc(Cl)c(C(=O)C2CC2(C)C)cc1C. The number of carbonyl (C=O) groups excluding carboxylic acids is 1. The van der Waals surface area contributed by atoms with Crippen LogP contribution in [0.5, 0.6) is 0 Å². The Morgan fingerprint density at radius 1 is 1.31 bits per heavy atom. The molecule has 1 atom stereocenters. The van der Waals surface area contributed by atoms with Crippen molar-refractivity contribution in [2.45, 2.75) is 34.1 Å². The van der Waals surface area contributed by atoms with Gasteiger partial charge in [0, 0.05) is 11.5 Å². The molecular formula is C14H17ClO. The van der Waals surface area contributed by atoms with Gasteiger partial charge in [-0.15, -0.1) is 0 Å². The zero-order chi connectivity index (χ0) is 12.1. The van der Waals surface area contributed by atoms with Gasteiger partial charge >= 0.3 is 0 Å². The Bertz CT molecular complexity index is 460. The van der Waals surface area contributed by atoms with Gasteiger partial charge in [-0.1, -0.05) is 25.4 Å². The Kier molecular flexibility index (Phi) is 2.62. The first-order valence-electron chi connectivity index (χ1n) is 5.64. The number of ketones is 1. The highest BCUT2D eigenvalue weighted by molar-refractivity contribution is 6.34. The number of aryl methyl sites for hydroxylation is 2. The van der Waals surface area contributed by atoms with Crippen LogP contribution in [0, 0.1) is 25.2 Å². The van der Waals surface area contributed by atoms with Crippen molar-refractivity contribution in [2.24, 2.45) is 11.3 Å². The Morgan fingerprint density at radius 3 is 2.31 bits per heavy atom. The predicted octanol–water partition coefficient (Wildman–Crippen LogP) is 4.19. The minimum atomic E-state index is 0.159. The molecule has 2 rings (SSSR count). The van der Waals surface area contributed by atoms with Gasteiger partial charge in [0.2, 0.25) is 0 Å². The number of hydrogen-bond donors (Lipinski definition) is 0. The number of hydrogen-bond acceptors (Lipinski definition) is 1. The molecule has 0 N–H and O–H groups in total. The molecule has 2 heteroatoms. The highest BCUT2D eigenvalue weighted by Crippen LogP contribution is 2.53. The molecule has 1 nitrogen and oxygen atoms in total. The van der Waals surface area contributed by atoms with Crippen molar-refractivity contribution in [3.05, 3.63) is 33.8 Å². The van der Waals surface area contributed by atoms with Crippen LogP contribution in [-0.4, -0.2) is 5.78 Å². The number of rotatable bonds is 2. The minimum absolute atomic E-state index is 0.159. The Morgan fingerprint density at radius 2 is 1.81 bits per heavy atom. The summed E-state index contributed by atoms with van der Waals surface area (Å²) in [6.07, 6.45) is 0.981. The smallest absolute Gasteiger partial charge is 0.168 e. The number of benzene rings is 1. The molecular weight excluding hydrogens is 220 g/mol. The van der Waals surface area contributed by atoms with Crippen molar-refractivity contribution >= 4 is 17.4 Å². The molecule has 0 aliphatic heterocycles. The lowest BCUT2D eigenvalue weighted by Crippen LogP contribution is -2.08. The maximum Gasteiger partial charge on any atom is 0.168 e. The van der Waals surface area contributed by atoms with Crippen LogP contribution in [0.25, 0.3) is 0 Å². The fourth-order valence-corrected chi connectivity index (χ4v) is 2.38. The van der Waals surface area contributed by atoms with Crippen molar-refractivity contribution in [1.82, 2.24) is 0 Å². The molecule has 1 fully saturated rings. The van der Waals surface area contributed by atoms with Gasteiger partial charge in [0.25, 0.3) is 0 Å². The molecule has 1 aliphatic carbocycles. The largest absolute Gasteiger partial charge is 0.294 e. The van der Waals surface area contributed by atoms with Gasteiger partial charge in [-0.25, -0.2) is 0 Å². The summed E-state index contributed by atoms with van der Waals surface area (Å²) < 4.78 is 0. The van der Waals surface area contributed by atoms with Gasteiger partial charge in [-0.05, 0) is 48.9 Å². The maximum absolute atomic E-state index is 12.2. The van der Waals surface area contributed by atoms with Gasteiger partial charge < -0.3 is 0 Å². The highest BCUT2D eigenvalue weighted by Gasteiger charge is 2.50.